The molecule has 0 aromatic carbocycles. The maximum atomic E-state index is 13.0. The Morgan fingerprint density at radius 2 is 2.20 bits per heavy atom. The van der Waals surface area contributed by atoms with E-state index in [1.54, 1.807) is 18.4 Å². The summed E-state index contributed by atoms with van der Waals surface area (Å²) in [6.07, 6.45) is 5.00. The first-order chi connectivity index (χ1) is 9.79. The second-order valence-electron chi connectivity index (χ2n) is 4.87. The summed E-state index contributed by atoms with van der Waals surface area (Å²) in [4.78, 5) is 10.1. The number of halogens is 1. The molecule has 0 unspecified atom stereocenters. The average molecular weight is 277 g/mol. The highest BCUT2D eigenvalue weighted by Gasteiger charge is 2.21. The monoisotopic (exact) mass is 277 g/mol. The van der Waals surface area contributed by atoms with Gasteiger partial charge in [-0.15, -0.1) is 0 Å². The molecule has 106 valence electrons. The van der Waals surface area contributed by atoms with Crippen LogP contribution in [0.4, 0.5) is 4.39 Å². The first-order valence-electron chi connectivity index (χ1n) is 6.68. The van der Waals surface area contributed by atoms with Gasteiger partial charge in [-0.3, -0.25) is 4.90 Å². The van der Waals surface area contributed by atoms with E-state index in [-0.39, 0.29) is 6.10 Å². The summed E-state index contributed by atoms with van der Waals surface area (Å²) < 4.78 is 23.6. The van der Waals surface area contributed by atoms with Crippen LogP contribution in [-0.4, -0.2) is 34.1 Å². The molecule has 0 spiro atoms. The molecule has 1 aliphatic heterocycles. The molecule has 0 bridgehead atoms. The van der Waals surface area contributed by atoms with Crippen molar-refractivity contribution in [2.24, 2.45) is 0 Å². The van der Waals surface area contributed by atoms with Crippen molar-refractivity contribution >= 4 is 0 Å². The van der Waals surface area contributed by atoms with E-state index in [0.717, 1.165) is 38.2 Å². The fourth-order valence-electron chi connectivity index (χ4n) is 2.36. The van der Waals surface area contributed by atoms with Crippen molar-refractivity contribution in [3.8, 4) is 5.88 Å². The third-order valence-corrected chi connectivity index (χ3v) is 3.38. The van der Waals surface area contributed by atoms with Crippen LogP contribution in [0.3, 0.4) is 0 Å². The molecule has 0 amide bonds. The van der Waals surface area contributed by atoms with Crippen LogP contribution < -0.4 is 4.74 Å². The highest BCUT2D eigenvalue weighted by molar-refractivity contribution is 5.10. The molecule has 0 atom stereocenters. The number of oxazole rings is 1. The number of aromatic nitrogens is 2. The lowest BCUT2D eigenvalue weighted by Gasteiger charge is -2.31. The molecule has 1 fully saturated rings. The van der Waals surface area contributed by atoms with E-state index >= 15 is 0 Å². The fraction of sp³-hybridized carbons (Fsp3) is 0.429. The van der Waals surface area contributed by atoms with E-state index in [1.165, 1.54) is 12.5 Å². The Labute approximate surface area is 116 Å². The van der Waals surface area contributed by atoms with E-state index in [9.17, 15) is 4.39 Å². The molecule has 5 nitrogen and oxygen atoms in total. The number of nitrogens with zero attached hydrogens (tertiary/aromatic N) is 3. The van der Waals surface area contributed by atoms with Gasteiger partial charge in [0.25, 0.3) is 0 Å². The Hall–Kier alpha value is -1.95. The SMILES string of the molecule is Fc1cccc(OC2CCN(Cc3cocn3)CC2)n1. The number of pyridine rings is 1. The molecule has 1 aliphatic rings. The molecule has 3 rings (SSSR count). The molecule has 2 aromatic rings. The van der Waals surface area contributed by atoms with Crippen LogP contribution in [0.25, 0.3) is 0 Å². The Kier molecular flexibility index (Phi) is 3.92. The third-order valence-electron chi connectivity index (χ3n) is 3.38. The minimum atomic E-state index is -0.508. The molecule has 0 radical (unpaired) electrons. The smallest absolute Gasteiger partial charge is 0.216 e. The molecule has 2 aromatic heterocycles. The van der Waals surface area contributed by atoms with Crippen LogP contribution in [-0.2, 0) is 6.54 Å². The van der Waals surface area contributed by atoms with Gasteiger partial charge in [0.2, 0.25) is 11.8 Å². The molecule has 0 saturated carbocycles. The lowest BCUT2D eigenvalue weighted by atomic mass is 10.1. The molecule has 6 heteroatoms. The second-order valence-corrected chi connectivity index (χ2v) is 4.87. The quantitative estimate of drug-likeness (QED) is 0.802. The van der Waals surface area contributed by atoms with Gasteiger partial charge in [-0.1, -0.05) is 6.07 Å². The zero-order valence-electron chi connectivity index (χ0n) is 11.0. The van der Waals surface area contributed by atoms with Crippen molar-refractivity contribution in [2.45, 2.75) is 25.5 Å². The van der Waals surface area contributed by atoms with Crippen molar-refractivity contribution in [1.82, 2.24) is 14.9 Å². The number of hydrogen-bond donors (Lipinski definition) is 0. The largest absolute Gasteiger partial charge is 0.474 e. The summed E-state index contributed by atoms with van der Waals surface area (Å²) in [6, 6.07) is 4.61. The Bertz CT molecular complexity index is 539. The maximum absolute atomic E-state index is 13.0. The highest BCUT2D eigenvalue weighted by atomic mass is 19.1. The molecular formula is C14H16FN3O2. The Morgan fingerprint density at radius 1 is 1.35 bits per heavy atom. The normalized spacial score (nSPS) is 17.2. The van der Waals surface area contributed by atoms with Gasteiger partial charge in [-0.2, -0.15) is 9.37 Å². The molecule has 20 heavy (non-hydrogen) atoms. The van der Waals surface area contributed by atoms with Crippen LogP contribution in [0, 0.1) is 5.95 Å². The van der Waals surface area contributed by atoms with Crippen molar-refractivity contribution in [1.29, 1.82) is 0 Å². The van der Waals surface area contributed by atoms with E-state index in [1.807, 2.05) is 0 Å². The predicted octanol–water partition coefficient (Wildman–Crippen LogP) is 2.25. The van der Waals surface area contributed by atoms with Gasteiger partial charge in [0.15, 0.2) is 6.39 Å². The minimum absolute atomic E-state index is 0.0952. The van der Waals surface area contributed by atoms with Gasteiger partial charge < -0.3 is 9.15 Å². The van der Waals surface area contributed by atoms with E-state index < -0.39 is 5.95 Å². The third kappa shape index (κ3) is 3.33. The van der Waals surface area contributed by atoms with Gasteiger partial charge in [-0.05, 0) is 18.9 Å². The second kappa shape index (κ2) is 6.00. The fourth-order valence-corrected chi connectivity index (χ4v) is 2.36. The van der Waals surface area contributed by atoms with Gasteiger partial charge >= 0.3 is 0 Å². The standard InChI is InChI=1S/C14H16FN3O2/c15-13-2-1-3-14(17-13)20-12-4-6-18(7-5-12)8-11-9-19-10-16-11/h1-3,9-10,12H,4-8H2. The topological polar surface area (TPSA) is 51.4 Å². The van der Waals surface area contributed by atoms with Crippen LogP contribution in [0.15, 0.2) is 35.3 Å². The summed E-state index contributed by atoms with van der Waals surface area (Å²) >= 11 is 0. The van der Waals surface area contributed by atoms with Gasteiger partial charge in [-0.25, -0.2) is 4.98 Å². The summed E-state index contributed by atoms with van der Waals surface area (Å²) in [6.45, 7) is 2.64. The number of hydrogen-bond acceptors (Lipinski definition) is 5. The number of piperidine rings is 1. The molecular weight excluding hydrogens is 261 g/mol. The summed E-state index contributed by atoms with van der Waals surface area (Å²) in [5.41, 5.74) is 0.941. The lowest BCUT2D eigenvalue weighted by molar-refractivity contribution is 0.0918. The van der Waals surface area contributed by atoms with Crippen molar-refractivity contribution in [3.05, 3.63) is 42.5 Å². The van der Waals surface area contributed by atoms with Gasteiger partial charge in [0.05, 0.1) is 5.69 Å². The maximum Gasteiger partial charge on any atom is 0.216 e. The van der Waals surface area contributed by atoms with Crippen molar-refractivity contribution < 1.29 is 13.5 Å². The van der Waals surface area contributed by atoms with Crippen molar-refractivity contribution in [3.63, 3.8) is 0 Å². The van der Waals surface area contributed by atoms with E-state index in [2.05, 4.69) is 14.9 Å². The van der Waals surface area contributed by atoms with Crippen LogP contribution >= 0.6 is 0 Å². The molecule has 1 saturated heterocycles. The minimum Gasteiger partial charge on any atom is -0.474 e. The van der Waals surface area contributed by atoms with Gasteiger partial charge in [0.1, 0.15) is 12.4 Å². The summed E-state index contributed by atoms with van der Waals surface area (Å²) in [7, 11) is 0. The predicted molar refractivity (Wildman–Crippen MR) is 69.6 cm³/mol. The Morgan fingerprint density at radius 3 is 2.90 bits per heavy atom. The first kappa shape index (κ1) is 13.1. The molecule has 0 aliphatic carbocycles. The van der Waals surface area contributed by atoms with E-state index in [0.29, 0.717) is 5.88 Å². The summed E-state index contributed by atoms with van der Waals surface area (Å²) in [5, 5.41) is 0. The van der Waals surface area contributed by atoms with Gasteiger partial charge in [0, 0.05) is 25.7 Å². The van der Waals surface area contributed by atoms with Crippen LogP contribution in [0.2, 0.25) is 0 Å². The summed E-state index contributed by atoms with van der Waals surface area (Å²) in [5.74, 6) is -0.147. The lowest BCUT2D eigenvalue weighted by Crippen LogP contribution is -2.38. The van der Waals surface area contributed by atoms with E-state index in [4.69, 9.17) is 9.15 Å². The number of rotatable bonds is 4. The number of likely N-dealkylation sites (tertiary alicyclic amines) is 1. The average Bonchev–Trinajstić information content (AvgIpc) is 2.94. The van der Waals surface area contributed by atoms with Crippen molar-refractivity contribution in [2.75, 3.05) is 13.1 Å². The molecule has 0 N–H and O–H groups in total. The number of ether oxygens (including phenoxy) is 1. The molecule has 3 heterocycles. The van der Waals surface area contributed by atoms with Crippen LogP contribution in [0.1, 0.15) is 18.5 Å². The highest BCUT2D eigenvalue weighted by Crippen LogP contribution is 2.18. The zero-order valence-corrected chi connectivity index (χ0v) is 11.0. The Balaban J connectivity index is 1.48. The first-order valence-corrected chi connectivity index (χ1v) is 6.68. The van der Waals surface area contributed by atoms with Crippen LogP contribution in [0.5, 0.6) is 5.88 Å². The zero-order chi connectivity index (χ0) is 13.8.